The van der Waals surface area contributed by atoms with E-state index in [1.807, 2.05) is 0 Å². The summed E-state index contributed by atoms with van der Waals surface area (Å²) in [6, 6.07) is -1.23. The van der Waals surface area contributed by atoms with Crippen molar-refractivity contribution in [3.8, 4) is 0 Å². The number of ketones is 2. The van der Waals surface area contributed by atoms with Gasteiger partial charge in [0.1, 0.15) is 0 Å². The minimum atomic E-state index is -5.76. The molecule has 2 amide bonds. The first kappa shape index (κ1) is 28.3. The highest BCUT2D eigenvalue weighted by Crippen LogP contribution is 2.32. The third-order valence-electron chi connectivity index (χ3n) is 3.76. The van der Waals surface area contributed by atoms with Crippen molar-refractivity contribution in [3.05, 3.63) is 0 Å². The fourth-order valence-electron chi connectivity index (χ4n) is 2.32. The van der Waals surface area contributed by atoms with E-state index in [1.165, 1.54) is 0 Å². The molecule has 0 aliphatic carbocycles. The fourth-order valence-corrected chi connectivity index (χ4v) is 3.62. The smallest absolute Gasteiger partial charge is 0.390 e. The van der Waals surface area contributed by atoms with Gasteiger partial charge in [0.25, 0.3) is 23.0 Å². The Hall–Kier alpha value is -1.74. The predicted octanol–water partition coefficient (Wildman–Crippen LogP) is -3.46. The number of rotatable bonds is 12. The summed E-state index contributed by atoms with van der Waals surface area (Å²) in [6.45, 7) is -0.782. The molecule has 0 aromatic heterocycles. The van der Waals surface area contributed by atoms with Crippen LogP contribution in [-0.2, 0) is 19.2 Å². The number of halogens is 3. The van der Waals surface area contributed by atoms with Crippen molar-refractivity contribution in [2.24, 2.45) is 5.41 Å². The second kappa shape index (κ2) is 10.5. The maximum Gasteiger partial charge on any atom is 0.492 e. The van der Waals surface area contributed by atoms with Crippen LogP contribution in [0.4, 0.5) is 13.2 Å². The summed E-state index contributed by atoms with van der Waals surface area (Å²) in [5.41, 5.74) is -3.84. The summed E-state index contributed by atoms with van der Waals surface area (Å²) in [5, 5.41) is 3.52. The molecule has 0 heterocycles. The average Bonchev–Trinajstić information content (AvgIpc) is 2.53. The number of alkyl halides is 3. The van der Waals surface area contributed by atoms with E-state index in [0.29, 0.717) is 6.92 Å². The quantitative estimate of drug-likeness (QED) is 0.0785. The molecule has 0 aromatic carbocycles. The second-order valence-electron chi connectivity index (χ2n) is 6.40. The van der Waals surface area contributed by atoms with Crippen LogP contribution in [0.3, 0.4) is 0 Å². The number of amides is 2. The molecule has 17 heteroatoms. The van der Waals surface area contributed by atoms with Gasteiger partial charge >= 0.3 is 23.8 Å². The van der Waals surface area contributed by atoms with E-state index in [-0.39, 0.29) is 12.8 Å². The maximum absolute atomic E-state index is 13.1. The summed E-state index contributed by atoms with van der Waals surface area (Å²) < 4.78 is 39.2. The zero-order chi connectivity index (χ0) is 24.0. The Morgan fingerprint density at radius 3 is 1.33 bits per heavy atom. The maximum atomic E-state index is 13.1. The lowest BCUT2D eigenvalue weighted by atomic mass is 9.77. The standard InChI is InChI=1S/C13H23F3N2O10Si2/c1-8(19)12(9(20)13(14,15)16,10(21)17-4-2-6-29(23,24)25)11(22)18-5-3-7-30(26,27)28/h23-28H,2-7H2,1H3,(H,17,21)(H,18,22). The van der Waals surface area contributed by atoms with Gasteiger partial charge in [0.05, 0.1) is 0 Å². The molecular formula is C13H23F3N2O10Si2. The van der Waals surface area contributed by atoms with Gasteiger partial charge in [-0.1, -0.05) is 0 Å². The largest absolute Gasteiger partial charge is 0.492 e. The molecule has 0 atom stereocenters. The van der Waals surface area contributed by atoms with Crippen molar-refractivity contribution < 1.29 is 61.1 Å². The molecule has 0 unspecified atom stereocenters. The first-order valence-corrected chi connectivity index (χ1v) is 12.5. The minimum absolute atomic E-state index is 0.354. The van der Waals surface area contributed by atoms with Crippen LogP contribution in [-0.4, -0.2) is 89.0 Å². The van der Waals surface area contributed by atoms with Gasteiger partial charge in [-0.05, 0) is 19.8 Å². The molecule has 30 heavy (non-hydrogen) atoms. The van der Waals surface area contributed by atoms with E-state index in [0.717, 1.165) is 0 Å². The fraction of sp³-hybridized carbons (Fsp3) is 0.692. The molecule has 8 N–H and O–H groups in total. The van der Waals surface area contributed by atoms with Gasteiger partial charge in [-0.2, -0.15) is 13.2 Å². The number of hydrogen-bond acceptors (Lipinski definition) is 10. The molecule has 0 aliphatic rings. The Balaban J connectivity index is 5.62. The summed E-state index contributed by atoms with van der Waals surface area (Å²) in [4.78, 5) is 102. The number of hydrogen-bond donors (Lipinski definition) is 8. The molecular weight excluding hydrogens is 457 g/mol. The van der Waals surface area contributed by atoms with E-state index < -0.39 is 77.8 Å². The van der Waals surface area contributed by atoms with Gasteiger partial charge in [-0.25, -0.2) is 0 Å². The van der Waals surface area contributed by atoms with Crippen molar-refractivity contribution in [2.75, 3.05) is 13.1 Å². The van der Waals surface area contributed by atoms with Crippen molar-refractivity contribution in [1.29, 1.82) is 0 Å². The average molecular weight is 480 g/mol. The van der Waals surface area contributed by atoms with Gasteiger partial charge in [-0.3, -0.25) is 19.2 Å². The van der Waals surface area contributed by atoms with E-state index in [4.69, 9.17) is 28.8 Å². The van der Waals surface area contributed by atoms with Gasteiger partial charge in [0, 0.05) is 25.2 Å². The first-order valence-electron chi connectivity index (χ1n) is 8.39. The Bertz CT molecular complexity index is 627. The SMILES string of the molecule is CC(=O)C(C(=O)NCCC[Si](O)(O)O)(C(=O)NCCC[Si](O)(O)O)C(=O)C(F)(F)F. The Morgan fingerprint density at radius 2 is 1.10 bits per heavy atom. The number of carbonyl (C=O) groups excluding carboxylic acids is 4. The van der Waals surface area contributed by atoms with E-state index in [9.17, 15) is 32.3 Å². The van der Waals surface area contributed by atoms with Crippen LogP contribution in [0, 0.1) is 5.41 Å². The van der Waals surface area contributed by atoms with Crippen molar-refractivity contribution in [2.45, 2.75) is 38.0 Å². The Kier molecular flexibility index (Phi) is 9.92. The number of nitrogens with one attached hydrogen (secondary N) is 2. The van der Waals surface area contributed by atoms with E-state index in [2.05, 4.69) is 0 Å². The lowest BCUT2D eigenvalue weighted by molar-refractivity contribution is -0.186. The van der Waals surface area contributed by atoms with Gasteiger partial charge < -0.3 is 39.4 Å². The summed E-state index contributed by atoms with van der Waals surface area (Å²) >= 11 is 0. The lowest BCUT2D eigenvalue weighted by Crippen LogP contribution is -2.63. The Morgan fingerprint density at radius 1 is 0.767 bits per heavy atom. The summed E-state index contributed by atoms with van der Waals surface area (Å²) in [6.07, 6.45) is -6.46. The highest BCUT2D eigenvalue weighted by Gasteiger charge is 2.65. The molecule has 0 bridgehead atoms. The lowest BCUT2D eigenvalue weighted by Gasteiger charge is -2.28. The van der Waals surface area contributed by atoms with Crippen molar-refractivity contribution >= 4 is 41.0 Å². The zero-order valence-corrected chi connectivity index (χ0v) is 17.7. The normalized spacial score (nSPS) is 13.0. The first-order chi connectivity index (χ1) is 13.4. The summed E-state index contributed by atoms with van der Waals surface area (Å²) in [7, 11) is -9.02. The second-order valence-corrected chi connectivity index (χ2v) is 10.5. The van der Waals surface area contributed by atoms with Crippen molar-refractivity contribution in [1.82, 2.24) is 10.6 Å². The van der Waals surface area contributed by atoms with Crippen LogP contribution in [0.5, 0.6) is 0 Å². The van der Waals surface area contributed by atoms with E-state index in [1.54, 1.807) is 10.6 Å². The minimum Gasteiger partial charge on any atom is -0.390 e. The predicted molar refractivity (Wildman–Crippen MR) is 93.9 cm³/mol. The highest BCUT2D eigenvalue weighted by atomic mass is 28.4. The Labute approximate surface area is 170 Å². The molecule has 0 rings (SSSR count). The highest BCUT2D eigenvalue weighted by molar-refractivity contribution is 6.56. The van der Waals surface area contributed by atoms with Crippen LogP contribution in [0.2, 0.25) is 12.1 Å². The molecule has 0 spiro atoms. The molecule has 0 radical (unpaired) electrons. The van der Waals surface area contributed by atoms with Crippen LogP contribution >= 0.6 is 0 Å². The van der Waals surface area contributed by atoms with Crippen LogP contribution in [0.25, 0.3) is 0 Å². The third kappa shape index (κ3) is 8.56. The number of carbonyl (C=O) groups is 4. The van der Waals surface area contributed by atoms with Gasteiger partial charge in [0.2, 0.25) is 0 Å². The molecule has 0 aromatic rings. The molecule has 0 saturated carbocycles. The van der Waals surface area contributed by atoms with Crippen molar-refractivity contribution in [3.63, 3.8) is 0 Å². The molecule has 12 nitrogen and oxygen atoms in total. The molecule has 0 aliphatic heterocycles. The third-order valence-corrected chi connectivity index (χ3v) is 5.81. The van der Waals surface area contributed by atoms with E-state index >= 15 is 0 Å². The zero-order valence-electron chi connectivity index (χ0n) is 15.7. The molecule has 0 saturated heterocycles. The van der Waals surface area contributed by atoms with Crippen LogP contribution < -0.4 is 10.6 Å². The monoisotopic (exact) mass is 480 g/mol. The van der Waals surface area contributed by atoms with Crippen LogP contribution in [0.15, 0.2) is 0 Å². The van der Waals surface area contributed by atoms with Crippen LogP contribution in [0.1, 0.15) is 19.8 Å². The molecule has 174 valence electrons. The summed E-state index contributed by atoms with van der Waals surface area (Å²) in [5.74, 6) is -8.52. The molecule has 0 fully saturated rings. The topological polar surface area (TPSA) is 214 Å². The van der Waals surface area contributed by atoms with Gasteiger partial charge in [0.15, 0.2) is 5.78 Å². The number of Topliss-reactive ketones (excluding diaryl/α,β-unsaturated/α-hetero) is 2. The van der Waals surface area contributed by atoms with Gasteiger partial charge in [-0.15, -0.1) is 0 Å².